The first-order valence-corrected chi connectivity index (χ1v) is 7.62. The number of nitrogens with zero attached hydrogens (tertiary/aromatic N) is 1. The Morgan fingerprint density at radius 3 is 2.05 bits per heavy atom. The van der Waals surface area contributed by atoms with Crippen molar-refractivity contribution in [2.75, 3.05) is 0 Å². The van der Waals surface area contributed by atoms with Crippen LogP contribution in [0, 0.1) is 17.2 Å². The molecule has 0 aliphatic rings. The van der Waals surface area contributed by atoms with Gasteiger partial charge in [0.15, 0.2) is 6.54 Å². The van der Waals surface area contributed by atoms with Crippen molar-refractivity contribution in [1.29, 1.82) is 0 Å². The lowest BCUT2D eigenvalue weighted by molar-refractivity contribution is -2.00. The van der Waals surface area contributed by atoms with E-state index < -0.39 is 10.2 Å². The number of benzene rings is 1. The molecule has 110 valence electrons. The molecule has 0 radical (unpaired) electrons. The predicted octanol–water partition coefficient (Wildman–Crippen LogP) is -1.43. The van der Waals surface area contributed by atoms with Crippen LogP contribution < -0.4 is 23.4 Å². The van der Waals surface area contributed by atoms with Crippen LogP contribution in [0.3, 0.4) is 0 Å². The fourth-order valence-electron chi connectivity index (χ4n) is 1.54. The zero-order chi connectivity index (χ0) is 15.3. The van der Waals surface area contributed by atoms with E-state index in [1.54, 1.807) is 0 Å². The number of rotatable bonds is 2. The topological polar surface area (TPSA) is 109 Å². The van der Waals surface area contributed by atoms with Crippen molar-refractivity contribution >= 4 is 15.9 Å². The van der Waals surface area contributed by atoms with Gasteiger partial charge >= 0.3 is 0 Å². The lowest BCUT2D eigenvalue weighted by Crippen LogP contribution is -2.68. The SMILES string of the molecule is CC[n+]1oc(-c2ccc(Br)cc2)cc1C.[O-][Cl+3]([O-])([O-])[O-]. The molecule has 0 fully saturated rings. The Bertz CT molecular complexity index is 544. The smallest absolute Gasteiger partial charge is 0.229 e. The molecule has 0 atom stereocenters. The summed E-state index contributed by atoms with van der Waals surface area (Å²) in [4.78, 5) is 0. The van der Waals surface area contributed by atoms with E-state index in [-0.39, 0.29) is 0 Å². The minimum atomic E-state index is -4.94. The van der Waals surface area contributed by atoms with E-state index in [0.29, 0.717) is 0 Å². The summed E-state index contributed by atoms with van der Waals surface area (Å²) in [6, 6.07) is 10.2. The third-order valence-corrected chi connectivity index (χ3v) is 2.89. The van der Waals surface area contributed by atoms with Crippen molar-refractivity contribution in [1.82, 2.24) is 0 Å². The van der Waals surface area contributed by atoms with Gasteiger partial charge in [0.1, 0.15) is 0 Å². The molecule has 2 rings (SSSR count). The summed E-state index contributed by atoms with van der Waals surface area (Å²) in [5.41, 5.74) is 2.25. The number of hydrogen-bond acceptors (Lipinski definition) is 5. The van der Waals surface area contributed by atoms with Crippen LogP contribution in [-0.4, -0.2) is 0 Å². The summed E-state index contributed by atoms with van der Waals surface area (Å²) in [5.74, 6) is 0.918. The van der Waals surface area contributed by atoms with Gasteiger partial charge in [0.25, 0.3) is 0 Å². The summed E-state index contributed by atoms with van der Waals surface area (Å²) in [6.45, 7) is 4.99. The highest BCUT2D eigenvalue weighted by molar-refractivity contribution is 9.10. The molecule has 0 aliphatic heterocycles. The fourth-order valence-corrected chi connectivity index (χ4v) is 1.81. The molecule has 20 heavy (non-hydrogen) atoms. The van der Waals surface area contributed by atoms with Gasteiger partial charge < -0.3 is 0 Å². The maximum Gasteiger partial charge on any atom is 0.229 e. The average Bonchev–Trinajstić information content (AvgIpc) is 2.69. The van der Waals surface area contributed by atoms with E-state index in [1.165, 1.54) is 0 Å². The van der Waals surface area contributed by atoms with Gasteiger partial charge in [-0.15, -0.1) is 10.2 Å². The van der Waals surface area contributed by atoms with Gasteiger partial charge in [-0.2, -0.15) is 0 Å². The van der Waals surface area contributed by atoms with Crippen LogP contribution in [0.4, 0.5) is 0 Å². The summed E-state index contributed by atoms with van der Waals surface area (Å²) < 4.78 is 42.6. The molecule has 1 aromatic carbocycles. The second-order valence-corrected chi connectivity index (χ2v) is 5.49. The van der Waals surface area contributed by atoms with Crippen LogP contribution in [0.25, 0.3) is 11.3 Å². The van der Waals surface area contributed by atoms with E-state index in [0.717, 1.165) is 28.0 Å². The summed E-state index contributed by atoms with van der Waals surface area (Å²) >= 11 is 3.42. The first-order chi connectivity index (χ1) is 9.20. The van der Waals surface area contributed by atoms with Gasteiger partial charge in [0.2, 0.25) is 11.5 Å². The fraction of sp³-hybridized carbons (Fsp3) is 0.250. The second kappa shape index (κ2) is 7.16. The molecule has 8 heteroatoms. The molecule has 0 unspecified atom stereocenters. The number of hydrogen-bond donors (Lipinski definition) is 0. The van der Waals surface area contributed by atoms with E-state index in [9.17, 15) is 0 Å². The number of aryl methyl sites for hydroxylation is 2. The Balaban J connectivity index is 0.000000347. The van der Waals surface area contributed by atoms with Crippen LogP contribution in [-0.2, 0) is 6.54 Å². The van der Waals surface area contributed by atoms with Crippen molar-refractivity contribution in [3.05, 3.63) is 40.5 Å². The Hall–Kier alpha value is -0.960. The summed E-state index contributed by atoms with van der Waals surface area (Å²) in [5, 5.41) is 0. The molecular formula is C12H13BrClNO5. The molecule has 6 nitrogen and oxygen atoms in total. The molecule has 0 N–H and O–H groups in total. The van der Waals surface area contributed by atoms with Crippen LogP contribution in [0.1, 0.15) is 12.6 Å². The maximum atomic E-state index is 8.49. The van der Waals surface area contributed by atoms with E-state index in [2.05, 4.69) is 35.8 Å². The maximum absolute atomic E-state index is 8.49. The summed E-state index contributed by atoms with van der Waals surface area (Å²) in [7, 11) is -4.94. The molecule has 0 aliphatic carbocycles. The van der Waals surface area contributed by atoms with E-state index >= 15 is 0 Å². The van der Waals surface area contributed by atoms with E-state index in [4.69, 9.17) is 23.2 Å². The number of halogens is 2. The third kappa shape index (κ3) is 6.00. The minimum absolute atomic E-state index is 0.863. The highest BCUT2D eigenvalue weighted by atomic mass is 79.9. The van der Waals surface area contributed by atoms with Crippen molar-refractivity contribution < 1.29 is 38.1 Å². The Morgan fingerprint density at radius 2 is 1.65 bits per heavy atom. The standard InChI is InChI=1S/C12H13BrNO.ClHO4/c1-3-14-9(2)8-12(15-14)10-4-6-11(13)7-5-10;2-1(3,4)5/h4-8H,3H2,1-2H3;(H,2,3,4,5)/q+1;/p-1. The molecular weight excluding hydrogens is 353 g/mol. The monoisotopic (exact) mass is 365 g/mol. The lowest BCUT2D eigenvalue weighted by atomic mass is 10.2. The zero-order valence-electron chi connectivity index (χ0n) is 10.8. The molecule has 1 aromatic heterocycles. The largest absolute Gasteiger partial charge is 0.236 e. The zero-order valence-corrected chi connectivity index (χ0v) is 13.2. The van der Waals surface area contributed by atoms with Gasteiger partial charge in [0, 0.05) is 17.0 Å². The molecule has 0 saturated carbocycles. The predicted molar refractivity (Wildman–Crippen MR) is 62.5 cm³/mol. The van der Waals surface area contributed by atoms with Crippen LogP contribution in [0.2, 0.25) is 0 Å². The summed E-state index contributed by atoms with van der Waals surface area (Å²) in [6.07, 6.45) is 0. The second-order valence-electron chi connectivity index (χ2n) is 3.82. The van der Waals surface area contributed by atoms with E-state index in [1.807, 2.05) is 29.0 Å². The minimum Gasteiger partial charge on any atom is -0.236 e. The van der Waals surface area contributed by atoms with Crippen LogP contribution in [0.5, 0.6) is 0 Å². The Morgan fingerprint density at radius 1 is 1.15 bits per heavy atom. The van der Waals surface area contributed by atoms with Gasteiger partial charge in [-0.25, -0.2) is 23.2 Å². The quantitative estimate of drug-likeness (QED) is 0.605. The van der Waals surface area contributed by atoms with Gasteiger partial charge in [0.05, 0.1) is 6.07 Å². The molecule has 0 amide bonds. The Labute approximate surface area is 126 Å². The number of aromatic nitrogens is 1. The highest BCUT2D eigenvalue weighted by Crippen LogP contribution is 2.21. The first kappa shape index (κ1) is 17.1. The van der Waals surface area contributed by atoms with Crippen LogP contribution >= 0.6 is 15.9 Å². The van der Waals surface area contributed by atoms with Gasteiger partial charge in [-0.1, -0.05) is 15.9 Å². The molecule has 0 spiro atoms. The molecule has 0 saturated heterocycles. The normalized spacial score (nSPS) is 10.9. The highest BCUT2D eigenvalue weighted by Gasteiger charge is 2.14. The molecule has 1 heterocycles. The molecule has 2 aromatic rings. The third-order valence-electron chi connectivity index (χ3n) is 2.36. The molecule has 0 bridgehead atoms. The van der Waals surface area contributed by atoms with Crippen LogP contribution in [0.15, 0.2) is 39.3 Å². The lowest BCUT2D eigenvalue weighted by Gasteiger charge is -2.17. The van der Waals surface area contributed by atoms with Crippen molar-refractivity contribution in [2.24, 2.45) is 0 Å². The first-order valence-electron chi connectivity index (χ1n) is 5.59. The van der Waals surface area contributed by atoms with Crippen molar-refractivity contribution in [3.63, 3.8) is 0 Å². The van der Waals surface area contributed by atoms with Gasteiger partial charge in [-0.3, -0.25) is 0 Å². The average molecular weight is 367 g/mol. The van der Waals surface area contributed by atoms with Crippen molar-refractivity contribution in [3.8, 4) is 11.3 Å². The van der Waals surface area contributed by atoms with Gasteiger partial charge in [-0.05, 0) is 35.9 Å². The Kier molecular flexibility index (Phi) is 6.12. The van der Waals surface area contributed by atoms with Crippen molar-refractivity contribution in [2.45, 2.75) is 20.4 Å².